The summed E-state index contributed by atoms with van der Waals surface area (Å²) in [4.78, 5) is 4.50. The normalized spacial score (nSPS) is 20.4. The smallest absolute Gasteiger partial charge is 0.0882 e. The van der Waals surface area contributed by atoms with Gasteiger partial charge in [-0.25, -0.2) is 0 Å². The predicted octanol–water partition coefficient (Wildman–Crippen LogP) is 3.90. The van der Waals surface area contributed by atoms with Gasteiger partial charge >= 0.3 is 0 Å². The molecule has 0 fully saturated rings. The Bertz CT molecular complexity index is 554. The number of aliphatic hydroxyl groups excluding tert-OH is 1. The van der Waals surface area contributed by atoms with E-state index in [-0.39, 0.29) is 5.92 Å². The zero-order valence-corrected chi connectivity index (χ0v) is 12.8. The Kier molecular flexibility index (Phi) is 3.68. The lowest BCUT2D eigenvalue weighted by Gasteiger charge is -2.27. The van der Waals surface area contributed by atoms with Crippen molar-refractivity contribution < 1.29 is 5.11 Å². The van der Waals surface area contributed by atoms with E-state index in [2.05, 4.69) is 45.1 Å². The molecule has 0 saturated heterocycles. The maximum Gasteiger partial charge on any atom is 0.0882 e. The van der Waals surface area contributed by atoms with E-state index in [0.717, 1.165) is 30.5 Å². The molecule has 2 heterocycles. The molecule has 4 heteroatoms. The molecule has 2 unspecified atom stereocenters. The van der Waals surface area contributed by atoms with Crippen LogP contribution in [0.5, 0.6) is 0 Å². The molecule has 0 radical (unpaired) electrons. The second kappa shape index (κ2) is 5.27. The van der Waals surface area contributed by atoms with E-state index in [1.807, 2.05) is 12.3 Å². The van der Waals surface area contributed by atoms with E-state index in [0.29, 0.717) is 0 Å². The van der Waals surface area contributed by atoms with Gasteiger partial charge in [0.2, 0.25) is 0 Å². The molecule has 1 N–H and O–H groups in total. The van der Waals surface area contributed by atoms with Crippen LogP contribution in [0.1, 0.15) is 41.7 Å². The van der Waals surface area contributed by atoms with Crippen molar-refractivity contribution >= 4 is 33.9 Å². The Morgan fingerprint density at radius 1 is 1.50 bits per heavy atom. The number of aliphatic hydroxyl groups is 1. The average molecular weight is 371 g/mol. The summed E-state index contributed by atoms with van der Waals surface area (Å²) in [5.74, 6) is 0.153. The molecule has 0 aromatic carbocycles. The molecule has 18 heavy (non-hydrogen) atoms. The maximum absolute atomic E-state index is 10.6. The molecule has 2 atom stereocenters. The minimum atomic E-state index is -0.418. The van der Waals surface area contributed by atoms with Crippen LogP contribution in [-0.4, -0.2) is 10.1 Å². The van der Waals surface area contributed by atoms with Crippen LogP contribution in [-0.2, 0) is 6.42 Å². The van der Waals surface area contributed by atoms with Crippen LogP contribution in [0.15, 0.2) is 29.8 Å². The quantitative estimate of drug-likeness (QED) is 0.813. The van der Waals surface area contributed by atoms with Crippen molar-refractivity contribution in [3.05, 3.63) is 49.5 Å². The molecular weight excluding hydrogens is 357 g/mol. The van der Waals surface area contributed by atoms with Crippen LogP contribution in [0, 0.1) is 2.88 Å². The van der Waals surface area contributed by atoms with Gasteiger partial charge in [-0.2, -0.15) is 0 Å². The SMILES string of the molecule is OC(c1csc(I)c1)C1CCCc2cccnc21. The number of hydrogen-bond acceptors (Lipinski definition) is 3. The van der Waals surface area contributed by atoms with Crippen LogP contribution < -0.4 is 0 Å². The predicted molar refractivity (Wildman–Crippen MR) is 81.9 cm³/mol. The Morgan fingerprint density at radius 2 is 2.39 bits per heavy atom. The van der Waals surface area contributed by atoms with Gasteiger partial charge in [0.1, 0.15) is 0 Å². The average Bonchev–Trinajstić information content (AvgIpc) is 2.84. The molecule has 0 amide bonds. The van der Waals surface area contributed by atoms with E-state index >= 15 is 0 Å². The summed E-state index contributed by atoms with van der Waals surface area (Å²) in [7, 11) is 0. The molecule has 94 valence electrons. The number of thiophene rings is 1. The van der Waals surface area contributed by atoms with Gasteiger partial charge in [-0.15, -0.1) is 11.3 Å². The number of hydrogen-bond donors (Lipinski definition) is 1. The minimum absolute atomic E-state index is 0.153. The zero-order valence-electron chi connectivity index (χ0n) is 9.84. The van der Waals surface area contributed by atoms with E-state index in [9.17, 15) is 5.11 Å². The molecule has 0 bridgehead atoms. The number of pyridine rings is 1. The fourth-order valence-corrected chi connectivity index (χ4v) is 4.06. The highest BCUT2D eigenvalue weighted by Gasteiger charge is 2.29. The van der Waals surface area contributed by atoms with Crippen LogP contribution in [0.25, 0.3) is 0 Å². The lowest BCUT2D eigenvalue weighted by atomic mass is 9.81. The third kappa shape index (κ3) is 2.33. The number of fused-ring (bicyclic) bond motifs is 1. The molecule has 1 aliphatic carbocycles. The Morgan fingerprint density at radius 3 is 3.17 bits per heavy atom. The van der Waals surface area contributed by atoms with E-state index in [1.165, 1.54) is 8.45 Å². The first-order valence-corrected chi connectivity index (χ1v) is 8.07. The lowest BCUT2D eigenvalue weighted by molar-refractivity contribution is 0.134. The molecule has 2 aromatic heterocycles. The number of rotatable bonds is 2. The second-order valence-corrected chi connectivity index (χ2v) is 7.48. The molecular formula is C14H14INOS. The molecule has 1 aliphatic rings. The molecule has 0 aliphatic heterocycles. The van der Waals surface area contributed by atoms with Crippen LogP contribution in [0.2, 0.25) is 0 Å². The fraction of sp³-hybridized carbons (Fsp3) is 0.357. The fourth-order valence-electron chi connectivity index (χ4n) is 2.66. The topological polar surface area (TPSA) is 33.1 Å². The van der Waals surface area contributed by atoms with Crippen molar-refractivity contribution in [3.63, 3.8) is 0 Å². The van der Waals surface area contributed by atoms with Gasteiger partial charge in [0.15, 0.2) is 0 Å². The number of halogens is 1. The first-order valence-electron chi connectivity index (χ1n) is 6.11. The number of aryl methyl sites for hydroxylation is 1. The summed E-state index contributed by atoms with van der Waals surface area (Å²) in [6.45, 7) is 0. The monoisotopic (exact) mass is 371 g/mol. The van der Waals surface area contributed by atoms with Crippen LogP contribution in [0.3, 0.4) is 0 Å². The molecule has 2 aromatic rings. The Balaban J connectivity index is 1.94. The highest BCUT2D eigenvalue weighted by molar-refractivity contribution is 14.1. The van der Waals surface area contributed by atoms with Crippen molar-refractivity contribution in [1.29, 1.82) is 0 Å². The van der Waals surface area contributed by atoms with Crippen molar-refractivity contribution in [1.82, 2.24) is 4.98 Å². The minimum Gasteiger partial charge on any atom is -0.388 e. The molecule has 3 rings (SSSR count). The lowest BCUT2D eigenvalue weighted by Crippen LogP contribution is -2.18. The highest BCUT2D eigenvalue weighted by Crippen LogP contribution is 2.40. The van der Waals surface area contributed by atoms with E-state index in [4.69, 9.17) is 0 Å². The first-order chi connectivity index (χ1) is 8.75. The van der Waals surface area contributed by atoms with E-state index < -0.39 is 6.10 Å². The van der Waals surface area contributed by atoms with Gasteiger partial charge < -0.3 is 5.11 Å². The van der Waals surface area contributed by atoms with Gasteiger partial charge in [0.25, 0.3) is 0 Å². The Hall–Kier alpha value is -0.460. The van der Waals surface area contributed by atoms with Gasteiger partial charge in [0.05, 0.1) is 8.99 Å². The van der Waals surface area contributed by atoms with Gasteiger partial charge in [-0.3, -0.25) is 4.98 Å². The molecule has 2 nitrogen and oxygen atoms in total. The highest BCUT2D eigenvalue weighted by atomic mass is 127. The summed E-state index contributed by atoms with van der Waals surface area (Å²) >= 11 is 3.98. The number of aromatic nitrogens is 1. The third-order valence-corrected chi connectivity index (χ3v) is 5.36. The Labute approximate surface area is 124 Å². The second-order valence-electron chi connectivity index (χ2n) is 4.68. The summed E-state index contributed by atoms with van der Waals surface area (Å²) in [5.41, 5.74) is 3.43. The summed E-state index contributed by atoms with van der Waals surface area (Å²) in [6.07, 6.45) is 4.67. The van der Waals surface area contributed by atoms with Crippen molar-refractivity contribution in [2.24, 2.45) is 0 Å². The summed E-state index contributed by atoms with van der Waals surface area (Å²) < 4.78 is 1.22. The molecule has 0 saturated carbocycles. The van der Waals surface area contributed by atoms with Crippen molar-refractivity contribution in [3.8, 4) is 0 Å². The zero-order chi connectivity index (χ0) is 12.5. The van der Waals surface area contributed by atoms with Crippen LogP contribution in [0.4, 0.5) is 0 Å². The van der Waals surface area contributed by atoms with Gasteiger partial charge in [-0.05, 0) is 70.5 Å². The van der Waals surface area contributed by atoms with Gasteiger partial charge in [-0.1, -0.05) is 6.07 Å². The van der Waals surface area contributed by atoms with E-state index in [1.54, 1.807) is 11.3 Å². The largest absolute Gasteiger partial charge is 0.388 e. The summed E-state index contributed by atoms with van der Waals surface area (Å²) in [6, 6.07) is 6.20. The van der Waals surface area contributed by atoms with Crippen molar-refractivity contribution in [2.45, 2.75) is 31.3 Å². The standard InChI is InChI=1S/C14H14INOS/c15-12-7-10(8-18-12)14(17)11-5-1-3-9-4-2-6-16-13(9)11/h2,4,6-8,11,14,17H,1,3,5H2. The van der Waals surface area contributed by atoms with Gasteiger partial charge in [0, 0.05) is 17.8 Å². The third-order valence-electron chi connectivity index (χ3n) is 3.55. The van der Waals surface area contributed by atoms with Crippen LogP contribution >= 0.6 is 33.9 Å². The summed E-state index contributed by atoms with van der Waals surface area (Å²) in [5, 5.41) is 12.6. The molecule has 0 spiro atoms. The maximum atomic E-state index is 10.6. The number of nitrogens with zero attached hydrogens (tertiary/aromatic N) is 1. The van der Waals surface area contributed by atoms with Crippen molar-refractivity contribution in [2.75, 3.05) is 0 Å². The first kappa shape index (κ1) is 12.6.